The van der Waals surface area contributed by atoms with Gasteiger partial charge in [-0.25, -0.2) is 4.68 Å². The average Bonchev–Trinajstić information content (AvgIpc) is 3.04. The Kier molecular flexibility index (Phi) is 5.44. The van der Waals surface area contributed by atoms with E-state index >= 15 is 0 Å². The lowest BCUT2D eigenvalue weighted by Crippen LogP contribution is -2.38. The van der Waals surface area contributed by atoms with Gasteiger partial charge in [0, 0.05) is 25.3 Å². The number of benzene rings is 1. The summed E-state index contributed by atoms with van der Waals surface area (Å²) in [5, 5.41) is 20.1. The molecule has 0 aliphatic heterocycles. The first kappa shape index (κ1) is 17.1. The summed E-state index contributed by atoms with van der Waals surface area (Å²) in [6.45, 7) is 7.48. The molecule has 23 heavy (non-hydrogen) atoms. The minimum atomic E-state index is -0.0525. The summed E-state index contributed by atoms with van der Waals surface area (Å²) in [7, 11) is 0. The number of carbonyl (C=O) groups is 1. The molecule has 1 aromatic heterocycles. The molecule has 0 saturated heterocycles. The molecule has 1 aromatic carbocycles. The number of rotatable bonds is 6. The predicted molar refractivity (Wildman–Crippen MR) is 86.2 cm³/mol. The number of tetrazole rings is 1. The Bertz CT molecular complexity index is 634. The summed E-state index contributed by atoms with van der Waals surface area (Å²) in [6, 6.07) is 7.21. The highest BCUT2D eigenvalue weighted by molar-refractivity contribution is 5.94. The molecule has 0 aliphatic carbocycles. The molecule has 2 aromatic rings. The molecule has 0 saturated carbocycles. The van der Waals surface area contributed by atoms with Gasteiger partial charge in [0.15, 0.2) is 0 Å². The van der Waals surface area contributed by atoms with Crippen LogP contribution in [0.3, 0.4) is 0 Å². The van der Waals surface area contributed by atoms with Crippen molar-refractivity contribution in [3.63, 3.8) is 0 Å². The fourth-order valence-corrected chi connectivity index (χ4v) is 2.33. The minimum absolute atomic E-state index is 0.0153. The van der Waals surface area contributed by atoms with Crippen LogP contribution in [0.1, 0.15) is 37.6 Å². The van der Waals surface area contributed by atoms with Crippen molar-refractivity contribution < 1.29 is 9.90 Å². The van der Waals surface area contributed by atoms with Crippen molar-refractivity contribution in [1.29, 1.82) is 0 Å². The normalized spacial score (nSPS) is 11.5. The molecule has 0 aliphatic rings. The molecule has 2 rings (SSSR count). The second-order valence-electron chi connectivity index (χ2n) is 6.67. The van der Waals surface area contributed by atoms with Crippen LogP contribution >= 0.6 is 0 Å². The molecule has 1 amide bonds. The summed E-state index contributed by atoms with van der Waals surface area (Å²) < 4.78 is 1.51. The molecule has 0 spiro atoms. The number of hydrogen-bond acceptors (Lipinski definition) is 5. The minimum Gasteiger partial charge on any atom is -0.396 e. The van der Waals surface area contributed by atoms with Gasteiger partial charge in [-0.2, -0.15) is 0 Å². The second kappa shape index (κ2) is 7.32. The number of hydrogen-bond donors (Lipinski definition) is 1. The first-order valence-corrected chi connectivity index (χ1v) is 7.64. The Balaban J connectivity index is 2.23. The van der Waals surface area contributed by atoms with Gasteiger partial charge >= 0.3 is 0 Å². The van der Waals surface area contributed by atoms with Crippen LogP contribution in [0.25, 0.3) is 5.69 Å². The Morgan fingerprint density at radius 3 is 2.74 bits per heavy atom. The van der Waals surface area contributed by atoms with Crippen molar-refractivity contribution >= 4 is 5.91 Å². The van der Waals surface area contributed by atoms with Gasteiger partial charge in [0.05, 0.1) is 5.69 Å². The van der Waals surface area contributed by atoms with Gasteiger partial charge in [-0.1, -0.05) is 26.8 Å². The fourth-order valence-electron chi connectivity index (χ4n) is 2.33. The SMILES string of the molecule is CC(C)(C)CN(CCCO)C(=O)c1cccc(-n2cnnn2)c1. The summed E-state index contributed by atoms with van der Waals surface area (Å²) in [5.41, 5.74) is 1.30. The lowest BCUT2D eigenvalue weighted by molar-refractivity contribution is 0.0682. The monoisotopic (exact) mass is 317 g/mol. The molecule has 1 N–H and O–H groups in total. The highest BCUT2D eigenvalue weighted by Gasteiger charge is 2.22. The van der Waals surface area contributed by atoms with Gasteiger partial charge < -0.3 is 10.0 Å². The molecular weight excluding hydrogens is 294 g/mol. The van der Waals surface area contributed by atoms with Gasteiger partial charge in [0.25, 0.3) is 5.91 Å². The molecule has 7 heteroatoms. The van der Waals surface area contributed by atoms with E-state index in [0.29, 0.717) is 25.1 Å². The summed E-state index contributed by atoms with van der Waals surface area (Å²) in [6.07, 6.45) is 2.05. The molecule has 7 nitrogen and oxygen atoms in total. The van der Waals surface area contributed by atoms with Crippen LogP contribution in [0.2, 0.25) is 0 Å². The predicted octanol–water partition coefficient (Wildman–Crippen LogP) is 1.53. The largest absolute Gasteiger partial charge is 0.396 e. The second-order valence-corrected chi connectivity index (χ2v) is 6.67. The number of aliphatic hydroxyl groups is 1. The fraction of sp³-hybridized carbons (Fsp3) is 0.500. The third kappa shape index (κ3) is 4.85. The highest BCUT2D eigenvalue weighted by atomic mass is 16.3. The maximum atomic E-state index is 12.8. The van der Waals surface area contributed by atoms with Crippen molar-refractivity contribution in [3.05, 3.63) is 36.2 Å². The van der Waals surface area contributed by atoms with Crippen LogP contribution in [0.15, 0.2) is 30.6 Å². The quantitative estimate of drug-likeness (QED) is 0.873. The van der Waals surface area contributed by atoms with Crippen LogP contribution in [0, 0.1) is 5.41 Å². The maximum Gasteiger partial charge on any atom is 0.253 e. The van der Waals surface area contributed by atoms with Gasteiger partial charge in [-0.05, 0) is 40.5 Å². The zero-order valence-corrected chi connectivity index (χ0v) is 13.8. The Labute approximate surface area is 135 Å². The van der Waals surface area contributed by atoms with Gasteiger partial charge in [-0.15, -0.1) is 5.10 Å². The zero-order valence-electron chi connectivity index (χ0n) is 13.8. The Hall–Kier alpha value is -2.28. The van der Waals surface area contributed by atoms with E-state index in [-0.39, 0.29) is 17.9 Å². The van der Waals surface area contributed by atoms with E-state index < -0.39 is 0 Å². The first-order chi connectivity index (χ1) is 10.9. The van der Waals surface area contributed by atoms with Crippen LogP contribution in [-0.2, 0) is 0 Å². The van der Waals surface area contributed by atoms with Crippen molar-refractivity contribution in [1.82, 2.24) is 25.1 Å². The van der Waals surface area contributed by atoms with Gasteiger partial charge in [0.2, 0.25) is 0 Å². The van der Waals surface area contributed by atoms with Gasteiger partial charge in [0.1, 0.15) is 6.33 Å². The molecule has 0 unspecified atom stereocenters. The lowest BCUT2D eigenvalue weighted by Gasteiger charge is -2.30. The number of aromatic nitrogens is 4. The van der Waals surface area contributed by atoms with Crippen molar-refractivity contribution in [2.45, 2.75) is 27.2 Å². The summed E-state index contributed by atoms with van der Waals surface area (Å²) in [4.78, 5) is 14.6. The van der Waals surface area contributed by atoms with Crippen LogP contribution in [0.5, 0.6) is 0 Å². The number of nitrogens with zero attached hydrogens (tertiary/aromatic N) is 5. The number of carbonyl (C=O) groups excluding carboxylic acids is 1. The number of aliphatic hydroxyl groups excluding tert-OH is 1. The molecule has 0 radical (unpaired) electrons. The average molecular weight is 317 g/mol. The molecule has 0 atom stereocenters. The van der Waals surface area contributed by atoms with E-state index in [1.54, 1.807) is 17.0 Å². The molecule has 0 bridgehead atoms. The third-order valence-electron chi connectivity index (χ3n) is 3.25. The van der Waals surface area contributed by atoms with Crippen LogP contribution < -0.4 is 0 Å². The van der Waals surface area contributed by atoms with Crippen LogP contribution in [-0.4, -0.2) is 55.8 Å². The standard InChI is InChI=1S/C16H23N5O2/c1-16(2,3)11-20(8-5-9-22)15(23)13-6-4-7-14(10-13)21-12-17-18-19-21/h4,6-7,10,12,22H,5,8-9,11H2,1-3H3. The summed E-state index contributed by atoms with van der Waals surface area (Å²) >= 11 is 0. The van der Waals surface area contributed by atoms with E-state index in [1.165, 1.54) is 11.0 Å². The smallest absolute Gasteiger partial charge is 0.253 e. The summed E-state index contributed by atoms with van der Waals surface area (Å²) in [5.74, 6) is -0.0525. The third-order valence-corrected chi connectivity index (χ3v) is 3.25. The highest BCUT2D eigenvalue weighted by Crippen LogP contribution is 2.18. The van der Waals surface area contributed by atoms with Crippen molar-refractivity contribution in [2.75, 3.05) is 19.7 Å². The molecule has 0 fully saturated rings. The number of amides is 1. The first-order valence-electron chi connectivity index (χ1n) is 7.64. The molecule has 124 valence electrons. The Morgan fingerprint density at radius 1 is 1.35 bits per heavy atom. The van der Waals surface area contributed by atoms with Gasteiger partial charge in [-0.3, -0.25) is 4.79 Å². The lowest BCUT2D eigenvalue weighted by atomic mass is 9.95. The van der Waals surface area contributed by atoms with Crippen molar-refractivity contribution in [3.8, 4) is 5.69 Å². The maximum absolute atomic E-state index is 12.8. The van der Waals surface area contributed by atoms with Crippen LogP contribution in [0.4, 0.5) is 0 Å². The van der Waals surface area contributed by atoms with E-state index in [1.807, 2.05) is 12.1 Å². The molecular formula is C16H23N5O2. The zero-order chi connectivity index (χ0) is 16.9. The topological polar surface area (TPSA) is 84.1 Å². The van der Waals surface area contributed by atoms with E-state index in [4.69, 9.17) is 5.11 Å². The van der Waals surface area contributed by atoms with Crippen molar-refractivity contribution in [2.24, 2.45) is 5.41 Å². The van der Waals surface area contributed by atoms with E-state index in [2.05, 4.69) is 36.3 Å². The van der Waals surface area contributed by atoms with E-state index in [9.17, 15) is 4.79 Å². The molecule has 1 heterocycles. The van der Waals surface area contributed by atoms with E-state index in [0.717, 1.165) is 5.69 Å². The Morgan fingerprint density at radius 2 is 2.13 bits per heavy atom.